The van der Waals surface area contributed by atoms with Crippen molar-refractivity contribution in [3.63, 3.8) is 0 Å². The molecule has 0 N–H and O–H groups in total. The Morgan fingerprint density at radius 3 is 2.34 bits per heavy atom. The van der Waals surface area contributed by atoms with Gasteiger partial charge in [0.2, 0.25) is 0 Å². The van der Waals surface area contributed by atoms with E-state index in [4.69, 9.17) is 14.2 Å². The molecule has 0 bridgehead atoms. The van der Waals surface area contributed by atoms with Gasteiger partial charge in [0.1, 0.15) is 18.2 Å². The molecule has 2 fully saturated rings. The first-order chi connectivity index (χ1) is 13.7. The summed E-state index contributed by atoms with van der Waals surface area (Å²) in [7, 11) is 1.30. The van der Waals surface area contributed by atoms with Crippen LogP contribution in [-0.2, 0) is 25.6 Å². The lowest BCUT2D eigenvalue weighted by Gasteiger charge is -2.29. The highest BCUT2D eigenvalue weighted by Crippen LogP contribution is 2.38. The lowest BCUT2D eigenvalue weighted by Crippen LogP contribution is -2.48. The van der Waals surface area contributed by atoms with E-state index in [0.29, 0.717) is 19.6 Å². The van der Waals surface area contributed by atoms with Gasteiger partial charge in [-0.05, 0) is 26.3 Å². The summed E-state index contributed by atoms with van der Waals surface area (Å²) in [5.41, 5.74) is 0.242. The van der Waals surface area contributed by atoms with Gasteiger partial charge in [-0.15, -0.1) is 0 Å². The number of carbonyl (C=O) groups is 3. The van der Waals surface area contributed by atoms with Gasteiger partial charge < -0.3 is 19.1 Å². The average molecular weight is 404 g/mol. The summed E-state index contributed by atoms with van der Waals surface area (Å²) in [6.45, 7) is 6.61. The van der Waals surface area contributed by atoms with Crippen LogP contribution in [0.5, 0.6) is 0 Å². The Morgan fingerprint density at radius 1 is 1.03 bits per heavy atom. The molecule has 2 aliphatic rings. The molecule has 2 amide bonds. The fourth-order valence-corrected chi connectivity index (χ4v) is 3.94. The van der Waals surface area contributed by atoms with E-state index >= 15 is 0 Å². The number of nitrogens with zero attached hydrogens (tertiary/aromatic N) is 2. The monoisotopic (exact) mass is 404 g/mol. The summed E-state index contributed by atoms with van der Waals surface area (Å²) < 4.78 is 15.8. The molecule has 158 valence electrons. The summed E-state index contributed by atoms with van der Waals surface area (Å²) in [5, 5.41) is 0. The van der Waals surface area contributed by atoms with Crippen LogP contribution in [-0.4, -0.2) is 66.3 Å². The van der Waals surface area contributed by atoms with Crippen LogP contribution >= 0.6 is 0 Å². The Morgan fingerprint density at radius 2 is 1.72 bits per heavy atom. The van der Waals surface area contributed by atoms with Gasteiger partial charge in [-0.25, -0.2) is 14.4 Å². The van der Waals surface area contributed by atoms with Crippen LogP contribution < -0.4 is 0 Å². The van der Waals surface area contributed by atoms with Gasteiger partial charge in [0.15, 0.2) is 0 Å². The molecule has 8 heteroatoms. The second kappa shape index (κ2) is 8.31. The maximum absolute atomic E-state index is 12.6. The van der Waals surface area contributed by atoms with E-state index in [9.17, 15) is 14.4 Å². The zero-order valence-corrected chi connectivity index (χ0v) is 17.3. The molecule has 0 radical (unpaired) electrons. The second-order valence-electron chi connectivity index (χ2n) is 8.47. The third-order valence-electron chi connectivity index (χ3n) is 5.20. The molecule has 2 heterocycles. The Labute approximate surface area is 170 Å². The highest BCUT2D eigenvalue weighted by atomic mass is 16.6. The third kappa shape index (κ3) is 4.81. The van der Waals surface area contributed by atoms with Gasteiger partial charge in [0, 0.05) is 31.5 Å². The maximum atomic E-state index is 12.6. The standard InChI is InChI=1S/C21H28N2O6/c1-21(2,3)29-20(26)23-11-15-10-22(12-16(15)17(23)18(24)27-4)19(25)28-13-14-8-6-5-7-9-14/h5-9,15-17H,10-13H2,1-4H3/t15-,16-,17?/m0/s1. The summed E-state index contributed by atoms with van der Waals surface area (Å²) in [4.78, 5) is 40.5. The number of ether oxygens (including phenoxy) is 3. The van der Waals surface area contributed by atoms with Crippen molar-refractivity contribution in [2.45, 2.75) is 39.0 Å². The molecule has 1 unspecified atom stereocenters. The van der Waals surface area contributed by atoms with E-state index in [2.05, 4.69) is 0 Å². The van der Waals surface area contributed by atoms with Crippen molar-refractivity contribution in [2.24, 2.45) is 11.8 Å². The fourth-order valence-electron chi connectivity index (χ4n) is 3.94. The first-order valence-electron chi connectivity index (χ1n) is 9.72. The first-order valence-corrected chi connectivity index (χ1v) is 9.72. The highest BCUT2D eigenvalue weighted by Gasteiger charge is 2.54. The predicted octanol–water partition coefficient (Wildman–Crippen LogP) is 2.66. The van der Waals surface area contributed by atoms with Crippen molar-refractivity contribution in [3.8, 4) is 0 Å². The van der Waals surface area contributed by atoms with E-state index in [0.717, 1.165) is 5.56 Å². The largest absolute Gasteiger partial charge is 0.467 e. The van der Waals surface area contributed by atoms with Gasteiger partial charge in [-0.2, -0.15) is 0 Å². The SMILES string of the molecule is COC(=O)C1[C@H]2CN(C(=O)OCc3ccccc3)C[C@H]2CN1C(=O)OC(C)(C)C. The Bertz CT molecular complexity index is 760. The van der Waals surface area contributed by atoms with Gasteiger partial charge >= 0.3 is 18.2 Å². The van der Waals surface area contributed by atoms with Crippen LogP contribution in [0.4, 0.5) is 9.59 Å². The summed E-state index contributed by atoms with van der Waals surface area (Å²) in [6.07, 6.45) is -0.962. The third-order valence-corrected chi connectivity index (χ3v) is 5.20. The zero-order chi connectivity index (χ0) is 21.2. The van der Waals surface area contributed by atoms with Crippen molar-refractivity contribution in [1.29, 1.82) is 0 Å². The number of likely N-dealkylation sites (tertiary alicyclic amines) is 2. The van der Waals surface area contributed by atoms with Crippen molar-refractivity contribution in [1.82, 2.24) is 9.80 Å². The molecule has 0 aliphatic carbocycles. The molecule has 3 rings (SSSR count). The van der Waals surface area contributed by atoms with Gasteiger partial charge in [-0.3, -0.25) is 4.90 Å². The first kappa shape index (κ1) is 21.0. The molecule has 0 spiro atoms. The van der Waals surface area contributed by atoms with Crippen LogP contribution in [0.25, 0.3) is 0 Å². The summed E-state index contributed by atoms with van der Waals surface area (Å²) in [5.74, 6) is -0.738. The maximum Gasteiger partial charge on any atom is 0.411 e. The number of methoxy groups -OCH3 is 1. The predicted molar refractivity (Wildman–Crippen MR) is 104 cm³/mol. The molecule has 1 aromatic rings. The number of rotatable bonds is 3. The smallest absolute Gasteiger partial charge is 0.411 e. The van der Waals surface area contributed by atoms with E-state index in [1.807, 2.05) is 30.3 Å². The lowest BCUT2D eigenvalue weighted by atomic mass is 9.94. The van der Waals surface area contributed by atoms with Crippen molar-refractivity contribution in [3.05, 3.63) is 35.9 Å². The molecular weight excluding hydrogens is 376 g/mol. The molecule has 0 aromatic heterocycles. The fraction of sp³-hybridized carbons (Fsp3) is 0.571. The number of benzene rings is 1. The molecule has 8 nitrogen and oxygen atoms in total. The molecule has 2 saturated heterocycles. The van der Waals surface area contributed by atoms with Gasteiger partial charge in [0.05, 0.1) is 7.11 Å². The number of amides is 2. The van der Waals surface area contributed by atoms with Gasteiger partial charge in [-0.1, -0.05) is 30.3 Å². The quantitative estimate of drug-likeness (QED) is 0.569. The topological polar surface area (TPSA) is 85.4 Å². The van der Waals surface area contributed by atoms with E-state index in [-0.39, 0.29) is 18.4 Å². The molecule has 2 aliphatic heterocycles. The van der Waals surface area contributed by atoms with E-state index in [1.54, 1.807) is 25.7 Å². The molecule has 0 saturated carbocycles. The minimum Gasteiger partial charge on any atom is -0.467 e. The summed E-state index contributed by atoms with van der Waals surface area (Å²) in [6, 6.07) is 8.67. The molecule has 1 aromatic carbocycles. The number of esters is 1. The van der Waals surface area contributed by atoms with E-state index in [1.165, 1.54) is 12.0 Å². The summed E-state index contributed by atoms with van der Waals surface area (Å²) >= 11 is 0. The normalized spacial score (nSPS) is 23.5. The van der Waals surface area contributed by atoms with Crippen molar-refractivity contribution in [2.75, 3.05) is 26.7 Å². The van der Waals surface area contributed by atoms with Crippen LogP contribution in [0.2, 0.25) is 0 Å². The molecule has 29 heavy (non-hydrogen) atoms. The number of hydrogen-bond acceptors (Lipinski definition) is 6. The average Bonchev–Trinajstić information content (AvgIpc) is 3.23. The van der Waals surface area contributed by atoms with Crippen LogP contribution in [0, 0.1) is 11.8 Å². The zero-order valence-electron chi connectivity index (χ0n) is 17.3. The van der Waals surface area contributed by atoms with Crippen LogP contribution in [0.15, 0.2) is 30.3 Å². The van der Waals surface area contributed by atoms with Crippen molar-refractivity contribution >= 4 is 18.2 Å². The minimum absolute atomic E-state index is 0.0316. The number of fused-ring (bicyclic) bond motifs is 1. The van der Waals surface area contributed by atoms with E-state index < -0.39 is 29.8 Å². The Balaban J connectivity index is 1.64. The van der Waals surface area contributed by atoms with Crippen LogP contribution in [0.1, 0.15) is 26.3 Å². The lowest BCUT2D eigenvalue weighted by molar-refractivity contribution is -0.147. The van der Waals surface area contributed by atoms with Crippen LogP contribution in [0.3, 0.4) is 0 Å². The molecule has 3 atom stereocenters. The highest BCUT2D eigenvalue weighted by molar-refractivity contribution is 5.83. The molecular formula is C21H28N2O6. The van der Waals surface area contributed by atoms with Gasteiger partial charge in [0.25, 0.3) is 0 Å². The Kier molecular flexibility index (Phi) is 6.00. The van der Waals surface area contributed by atoms with Crippen molar-refractivity contribution < 1.29 is 28.6 Å². The minimum atomic E-state index is -0.772. The number of carbonyl (C=O) groups excluding carboxylic acids is 3. The Hall–Kier alpha value is -2.77. The number of hydrogen-bond donors (Lipinski definition) is 0. The second-order valence-corrected chi connectivity index (χ2v) is 8.47.